The number of hydrogen-bond donors (Lipinski definition) is 2. The summed E-state index contributed by atoms with van der Waals surface area (Å²) in [6.45, 7) is 5.62. The average molecular weight is 254 g/mol. The zero-order chi connectivity index (χ0) is 13.1. The van der Waals surface area contributed by atoms with Crippen LogP contribution < -0.4 is 10.6 Å². The lowest BCUT2D eigenvalue weighted by Gasteiger charge is -2.08. The predicted octanol–water partition coefficient (Wildman–Crippen LogP) is 1.37. The first-order chi connectivity index (χ1) is 8.86. The van der Waals surface area contributed by atoms with Crippen LogP contribution in [-0.2, 0) is 9.47 Å². The van der Waals surface area contributed by atoms with Crippen molar-refractivity contribution < 1.29 is 9.47 Å². The van der Waals surface area contributed by atoms with Gasteiger partial charge < -0.3 is 20.1 Å². The molecule has 0 aromatic carbocycles. The number of nitrogens with one attached hydrogen (secondary N) is 2. The Morgan fingerprint density at radius 1 is 1.06 bits per heavy atom. The first kappa shape index (κ1) is 14.7. The van der Waals surface area contributed by atoms with Gasteiger partial charge in [-0.05, 0) is 6.42 Å². The molecule has 0 saturated carbocycles. The Balaban J connectivity index is 2.20. The zero-order valence-electron chi connectivity index (χ0n) is 11.1. The van der Waals surface area contributed by atoms with E-state index in [1.165, 1.54) is 0 Å². The fourth-order valence-electron chi connectivity index (χ4n) is 1.30. The summed E-state index contributed by atoms with van der Waals surface area (Å²) in [5, 5.41) is 6.40. The highest BCUT2D eigenvalue weighted by molar-refractivity contribution is 5.46. The largest absolute Gasteiger partial charge is 0.382 e. The van der Waals surface area contributed by atoms with Gasteiger partial charge in [-0.2, -0.15) is 0 Å². The lowest BCUT2D eigenvalue weighted by molar-refractivity contribution is 0.0759. The number of rotatable bonds is 10. The smallest absolute Gasteiger partial charge is 0.131 e. The van der Waals surface area contributed by atoms with Gasteiger partial charge in [-0.25, -0.2) is 9.97 Å². The normalized spacial score (nSPS) is 10.3. The third-order valence-electron chi connectivity index (χ3n) is 2.21. The van der Waals surface area contributed by atoms with Crippen LogP contribution in [0, 0.1) is 0 Å². The molecule has 0 amide bonds. The Labute approximate surface area is 108 Å². The van der Waals surface area contributed by atoms with Crippen molar-refractivity contribution in [2.75, 3.05) is 50.7 Å². The quantitative estimate of drug-likeness (QED) is 0.615. The summed E-state index contributed by atoms with van der Waals surface area (Å²) in [5.41, 5.74) is 0. The third-order valence-corrected chi connectivity index (χ3v) is 2.21. The molecule has 1 rings (SSSR count). The molecule has 18 heavy (non-hydrogen) atoms. The van der Waals surface area contributed by atoms with Crippen LogP contribution in [-0.4, -0.2) is 50.0 Å². The molecule has 102 valence electrons. The van der Waals surface area contributed by atoms with Gasteiger partial charge in [-0.3, -0.25) is 0 Å². The molecule has 0 radical (unpaired) electrons. The maximum absolute atomic E-state index is 5.34. The van der Waals surface area contributed by atoms with Gasteiger partial charge in [0, 0.05) is 26.3 Å². The second-order valence-electron chi connectivity index (χ2n) is 3.75. The number of aromatic nitrogens is 2. The fraction of sp³-hybridized carbons (Fsp3) is 0.667. The minimum atomic E-state index is 0.616. The molecular weight excluding hydrogens is 232 g/mol. The molecule has 0 bridgehead atoms. The number of anilines is 2. The summed E-state index contributed by atoms with van der Waals surface area (Å²) < 4.78 is 10.2. The van der Waals surface area contributed by atoms with Crippen LogP contribution in [0.5, 0.6) is 0 Å². The van der Waals surface area contributed by atoms with E-state index < -0.39 is 0 Å². The van der Waals surface area contributed by atoms with Gasteiger partial charge in [-0.15, -0.1) is 0 Å². The Morgan fingerprint density at radius 2 is 1.78 bits per heavy atom. The SMILES string of the molecule is CCCNc1cc(NCCOCCOC)ncn1. The standard InChI is InChI=1S/C12H22N4O2/c1-3-4-13-11-9-12(16-10-15-11)14-5-6-18-8-7-17-2/h9-10H,3-8H2,1-2H3,(H2,13,14,15,16). The number of nitrogens with zero attached hydrogens (tertiary/aromatic N) is 2. The van der Waals surface area contributed by atoms with Gasteiger partial charge in [0.15, 0.2) is 0 Å². The first-order valence-electron chi connectivity index (χ1n) is 6.23. The van der Waals surface area contributed by atoms with Gasteiger partial charge in [-0.1, -0.05) is 6.92 Å². The van der Waals surface area contributed by atoms with E-state index in [0.717, 1.165) is 24.6 Å². The highest BCUT2D eigenvalue weighted by atomic mass is 16.5. The van der Waals surface area contributed by atoms with E-state index in [9.17, 15) is 0 Å². The second-order valence-corrected chi connectivity index (χ2v) is 3.75. The van der Waals surface area contributed by atoms with Gasteiger partial charge in [0.2, 0.25) is 0 Å². The summed E-state index contributed by atoms with van der Waals surface area (Å²) in [6, 6.07) is 1.89. The molecule has 6 nitrogen and oxygen atoms in total. The molecule has 0 unspecified atom stereocenters. The molecule has 0 aliphatic carbocycles. The van der Waals surface area contributed by atoms with E-state index in [4.69, 9.17) is 9.47 Å². The molecule has 0 atom stereocenters. The van der Waals surface area contributed by atoms with Gasteiger partial charge in [0.25, 0.3) is 0 Å². The maximum atomic E-state index is 5.34. The van der Waals surface area contributed by atoms with E-state index in [1.54, 1.807) is 13.4 Å². The highest BCUT2D eigenvalue weighted by Gasteiger charge is 1.97. The summed E-state index contributed by atoms with van der Waals surface area (Å²) in [7, 11) is 1.66. The summed E-state index contributed by atoms with van der Waals surface area (Å²) in [4.78, 5) is 8.27. The lowest BCUT2D eigenvalue weighted by Crippen LogP contribution is -2.13. The first-order valence-corrected chi connectivity index (χ1v) is 6.23. The van der Waals surface area contributed by atoms with Crippen molar-refractivity contribution in [3.8, 4) is 0 Å². The summed E-state index contributed by atoms with van der Waals surface area (Å²) in [6.07, 6.45) is 2.62. The molecule has 1 aromatic heterocycles. The van der Waals surface area contributed by atoms with Crippen LogP contribution in [0.3, 0.4) is 0 Å². The van der Waals surface area contributed by atoms with Gasteiger partial charge in [0.1, 0.15) is 18.0 Å². The Morgan fingerprint density at radius 3 is 2.44 bits per heavy atom. The highest BCUT2D eigenvalue weighted by Crippen LogP contribution is 2.07. The zero-order valence-corrected chi connectivity index (χ0v) is 11.1. The van der Waals surface area contributed by atoms with Crippen molar-refractivity contribution in [2.45, 2.75) is 13.3 Å². The lowest BCUT2D eigenvalue weighted by atomic mass is 10.4. The summed E-state index contributed by atoms with van der Waals surface area (Å²) >= 11 is 0. The average Bonchev–Trinajstić information content (AvgIpc) is 2.41. The van der Waals surface area contributed by atoms with E-state index in [1.807, 2.05) is 6.07 Å². The molecule has 0 saturated heterocycles. The minimum absolute atomic E-state index is 0.616. The fourth-order valence-corrected chi connectivity index (χ4v) is 1.30. The number of ether oxygens (including phenoxy) is 2. The molecule has 6 heteroatoms. The van der Waals surface area contributed by atoms with Crippen LogP contribution in [0.1, 0.15) is 13.3 Å². The summed E-state index contributed by atoms with van der Waals surface area (Å²) in [5.74, 6) is 1.65. The van der Waals surface area contributed by atoms with E-state index in [0.29, 0.717) is 26.4 Å². The van der Waals surface area contributed by atoms with Crippen molar-refractivity contribution >= 4 is 11.6 Å². The van der Waals surface area contributed by atoms with Crippen molar-refractivity contribution in [3.05, 3.63) is 12.4 Å². The number of hydrogen-bond acceptors (Lipinski definition) is 6. The predicted molar refractivity (Wildman–Crippen MR) is 72.0 cm³/mol. The van der Waals surface area contributed by atoms with Crippen molar-refractivity contribution in [3.63, 3.8) is 0 Å². The van der Waals surface area contributed by atoms with E-state index in [-0.39, 0.29) is 0 Å². The van der Waals surface area contributed by atoms with Gasteiger partial charge in [0.05, 0.1) is 19.8 Å². The van der Waals surface area contributed by atoms with Crippen molar-refractivity contribution in [1.82, 2.24) is 9.97 Å². The van der Waals surface area contributed by atoms with Crippen molar-refractivity contribution in [1.29, 1.82) is 0 Å². The van der Waals surface area contributed by atoms with Crippen molar-refractivity contribution in [2.24, 2.45) is 0 Å². The Bertz CT molecular complexity index is 323. The third kappa shape index (κ3) is 6.36. The maximum Gasteiger partial charge on any atom is 0.131 e. The Kier molecular flexibility index (Phi) is 7.83. The second kappa shape index (κ2) is 9.61. The van der Waals surface area contributed by atoms with Crippen LogP contribution >= 0.6 is 0 Å². The van der Waals surface area contributed by atoms with Crippen LogP contribution in [0.25, 0.3) is 0 Å². The minimum Gasteiger partial charge on any atom is -0.382 e. The molecule has 1 heterocycles. The molecule has 0 aliphatic heterocycles. The topological polar surface area (TPSA) is 68.3 Å². The molecule has 0 aliphatic rings. The Hall–Kier alpha value is -1.40. The molecule has 1 aromatic rings. The monoisotopic (exact) mass is 254 g/mol. The molecule has 0 spiro atoms. The molecular formula is C12H22N4O2. The number of methoxy groups -OCH3 is 1. The van der Waals surface area contributed by atoms with E-state index >= 15 is 0 Å². The molecule has 2 N–H and O–H groups in total. The van der Waals surface area contributed by atoms with E-state index in [2.05, 4.69) is 27.5 Å². The van der Waals surface area contributed by atoms with Crippen LogP contribution in [0.15, 0.2) is 12.4 Å². The molecule has 0 fully saturated rings. The van der Waals surface area contributed by atoms with Crippen LogP contribution in [0.4, 0.5) is 11.6 Å². The van der Waals surface area contributed by atoms with Gasteiger partial charge >= 0.3 is 0 Å². The van der Waals surface area contributed by atoms with Crippen LogP contribution in [0.2, 0.25) is 0 Å².